The van der Waals surface area contributed by atoms with Crippen LogP contribution in [0.5, 0.6) is 0 Å². The minimum absolute atomic E-state index is 0.334. The lowest BCUT2D eigenvalue weighted by Crippen LogP contribution is -2.44. The predicted molar refractivity (Wildman–Crippen MR) is 44.0 cm³/mol. The van der Waals surface area contributed by atoms with Gasteiger partial charge in [-0.2, -0.15) is 0 Å². The van der Waals surface area contributed by atoms with E-state index in [2.05, 4.69) is 17.1 Å². The highest BCUT2D eigenvalue weighted by Crippen LogP contribution is 2.08. The zero-order valence-electron chi connectivity index (χ0n) is 6.97. The van der Waals surface area contributed by atoms with E-state index in [1.807, 2.05) is 0 Å². The van der Waals surface area contributed by atoms with E-state index in [0.29, 0.717) is 6.04 Å². The van der Waals surface area contributed by atoms with Crippen LogP contribution in [0.2, 0.25) is 0 Å². The summed E-state index contributed by atoms with van der Waals surface area (Å²) in [4.78, 5) is 12.4. The SMILES string of the molecule is CCN1CCCC(N[C]=O)C1. The lowest BCUT2D eigenvalue weighted by atomic mass is 10.1. The van der Waals surface area contributed by atoms with Crippen molar-refractivity contribution in [2.45, 2.75) is 25.8 Å². The second-order valence-corrected chi connectivity index (χ2v) is 2.98. The fourth-order valence-electron chi connectivity index (χ4n) is 1.54. The van der Waals surface area contributed by atoms with Crippen molar-refractivity contribution in [3.63, 3.8) is 0 Å². The molecule has 0 saturated carbocycles. The van der Waals surface area contributed by atoms with E-state index in [1.165, 1.54) is 13.0 Å². The van der Waals surface area contributed by atoms with Crippen molar-refractivity contribution < 1.29 is 4.79 Å². The summed E-state index contributed by atoms with van der Waals surface area (Å²) in [5, 5.41) is 2.70. The Morgan fingerprint density at radius 3 is 3.18 bits per heavy atom. The molecule has 3 nitrogen and oxygen atoms in total. The van der Waals surface area contributed by atoms with Gasteiger partial charge in [0.25, 0.3) is 0 Å². The van der Waals surface area contributed by atoms with Crippen LogP contribution >= 0.6 is 0 Å². The average molecular weight is 155 g/mol. The first-order valence-electron chi connectivity index (χ1n) is 4.22. The molecule has 1 rings (SSSR count). The average Bonchev–Trinajstić information content (AvgIpc) is 2.06. The third kappa shape index (κ3) is 2.50. The van der Waals surface area contributed by atoms with Gasteiger partial charge < -0.3 is 10.2 Å². The minimum atomic E-state index is 0.334. The number of likely N-dealkylation sites (N-methyl/N-ethyl adjacent to an activating group) is 1. The molecule has 63 valence electrons. The van der Waals surface area contributed by atoms with E-state index in [9.17, 15) is 4.79 Å². The highest BCUT2D eigenvalue weighted by atomic mass is 16.1. The van der Waals surface area contributed by atoms with E-state index >= 15 is 0 Å². The molecule has 1 radical (unpaired) electrons. The van der Waals surface area contributed by atoms with Crippen molar-refractivity contribution in [1.29, 1.82) is 0 Å². The molecule has 0 aliphatic carbocycles. The molecular weight excluding hydrogens is 140 g/mol. The maximum Gasteiger partial charge on any atom is 0.309 e. The molecule has 1 amide bonds. The number of likely N-dealkylation sites (tertiary alicyclic amines) is 1. The van der Waals surface area contributed by atoms with Crippen LogP contribution < -0.4 is 5.32 Å². The Morgan fingerprint density at radius 2 is 2.55 bits per heavy atom. The zero-order valence-corrected chi connectivity index (χ0v) is 6.97. The number of piperidine rings is 1. The summed E-state index contributed by atoms with van der Waals surface area (Å²) in [5.74, 6) is 0. The molecule has 0 spiro atoms. The molecule has 1 aliphatic heterocycles. The Hall–Kier alpha value is -0.570. The summed E-state index contributed by atoms with van der Waals surface area (Å²) in [5.41, 5.74) is 0. The lowest BCUT2D eigenvalue weighted by Gasteiger charge is -2.30. The summed E-state index contributed by atoms with van der Waals surface area (Å²) in [7, 11) is 0. The molecule has 11 heavy (non-hydrogen) atoms. The van der Waals surface area contributed by atoms with Gasteiger partial charge in [0.05, 0.1) is 0 Å². The van der Waals surface area contributed by atoms with Crippen LogP contribution in [0.3, 0.4) is 0 Å². The van der Waals surface area contributed by atoms with Gasteiger partial charge in [-0.25, -0.2) is 0 Å². The van der Waals surface area contributed by atoms with Crippen LogP contribution in [0, 0.1) is 0 Å². The third-order valence-corrected chi connectivity index (χ3v) is 2.22. The normalized spacial score (nSPS) is 26.5. The van der Waals surface area contributed by atoms with E-state index in [1.54, 1.807) is 6.41 Å². The maximum atomic E-state index is 10.0. The number of amides is 1. The fraction of sp³-hybridized carbons (Fsp3) is 0.875. The summed E-state index contributed by atoms with van der Waals surface area (Å²) in [6.07, 6.45) is 4.05. The van der Waals surface area contributed by atoms with Crippen molar-refractivity contribution in [1.82, 2.24) is 10.2 Å². The third-order valence-electron chi connectivity index (χ3n) is 2.22. The summed E-state index contributed by atoms with van der Waals surface area (Å²) < 4.78 is 0. The monoisotopic (exact) mass is 155 g/mol. The van der Waals surface area contributed by atoms with Crippen molar-refractivity contribution in [3.05, 3.63) is 0 Å². The molecule has 1 heterocycles. The molecule has 1 aliphatic rings. The van der Waals surface area contributed by atoms with Crippen LogP contribution in [0.1, 0.15) is 19.8 Å². The van der Waals surface area contributed by atoms with Gasteiger partial charge in [0.2, 0.25) is 0 Å². The predicted octanol–water partition coefficient (Wildman–Crippen LogP) is 0.128. The van der Waals surface area contributed by atoms with E-state index in [4.69, 9.17) is 0 Å². The van der Waals surface area contributed by atoms with E-state index < -0.39 is 0 Å². The van der Waals surface area contributed by atoms with Crippen LogP contribution in [0.4, 0.5) is 0 Å². The molecule has 1 N–H and O–H groups in total. The van der Waals surface area contributed by atoms with Crippen LogP contribution in [0.25, 0.3) is 0 Å². The second kappa shape index (κ2) is 4.34. The van der Waals surface area contributed by atoms with Crippen LogP contribution in [-0.2, 0) is 4.79 Å². The minimum Gasteiger partial charge on any atom is -0.344 e. The van der Waals surface area contributed by atoms with Gasteiger partial charge in [0, 0.05) is 12.6 Å². The number of hydrogen-bond acceptors (Lipinski definition) is 2. The molecule has 0 aromatic carbocycles. The van der Waals surface area contributed by atoms with Gasteiger partial charge in [-0.1, -0.05) is 6.92 Å². The van der Waals surface area contributed by atoms with Crippen LogP contribution in [0.15, 0.2) is 0 Å². The number of rotatable bonds is 3. The second-order valence-electron chi connectivity index (χ2n) is 2.98. The number of carbonyl (C=O) groups excluding carboxylic acids is 1. The van der Waals surface area contributed by atoms with Crippen molar-refractivity contribution >= 4 is 6.41 Å². The van der Waals surface area contributed by atoms with E-state index in [0.717, 1.165) is 19.5 Å². The first-order chi connectivity index (χ1) is 5.36. The molecule has 1 atom stereocenters. The fourth-order valence-corrected chi connectivity index (χ4v) is 1.54. The smallest absolute Gasteiger partial charge is 0.309 e. The largest absolute Gasteiger partial charge is 0.344 e. The number of nitrogens with zero attached hydrogens (tertiary/aromatic N) is 1. The molecular formula is C8H15N2O. The molecule has 1 fully saturated rings. The van der Waals surface area contributed by atoms with Gasteiger partial charge >= 0.3 is 6.41 Å². The summed E-state index contributed by atoms with van der Waals surface area (Å²) >= 11 is 0. The lowest BCUT2D eigenvalue weighted by molar-refractivity contribution is 0.209. The molecule has 0 bridgehead atoms. The molecule has 1 unspecified atom stereocenters. The first-order valence-corrected chi connectivity index (χ1v) is 4.22. The molecule has 0 aromatic heterocycles. The summed E-state index contributed by atoms with van der Waals surface area (Å²) in [6.45, 7) is 5.39. The molecule has 3 heteroatoms. The van der Waals surface area contributed by atoms with Gasteiger partial charge in [-0.05, 0) is 25.9 Å². The summed E-state index contributed by atoms with van der Waals surface area (Å²) in [6, 6.07) is 0.334. The Kier molecular flexibility index (Phi) is 3.36. The van der Waals surface area contributed by atoms with Gasteiger partial charge in [0.1, 0.15) is 0 Å². The van der Waals surface area contributed by atoms with Gasteiger partial charge in [-0.3, -0.25) is 4.79 Å². The number of hydrogen-bond donors (Lipinski definition) is 1. The topological polar surface area (TPSA) is 32.3 Å². The molecule has 1 saturated heterocycles. The maximum absolute atomic E-state index is 10.0. The zero-order chi connectivity index (χ0) is 8.10. The van der Waals surface area contributed by atoms with E-state index in [-0.39, 0.29) is 0 Å². The van der Waals surface area contributed by atoms with Gasteiger partial charge in [0.15, 0.2) is 0 Å². The van der Waals surface area contributed by atoms with Gasteiger partial charge in [-0.15, -0.1) is 0 Å². The van der Waals surface area contributed by atoms with Crippen molar-refractivity contribution in [3.8, 4) is 0 Å². The molecule has 0 aromatic rings. The van der Waals surface area contributed by atoms with Crippen molar-refractivity contribution in [2.75, 3.05) is 19.6 Å². The quantitative estimate of drug-likeness (QED) is 0.587. The Morgan fingerprint density at radius 1 is 1.73 bits per heavy atom. The highest BCUT2D eigenvalue weighted by Gasteiger charge is 2.17. The van der Waals surface area contributed by atoms with Crippen molar-refractivity contribution in [2.24, 2.45) is 0 Å². The first kappa shape index (κ1) is 8.53. The van der Waals surface area contributed by atoms with Crippen LogP contribution in [-0.4, -0.2) is 37.0 Å². The Labute approximate surface area is 67.8 Å². The number of nitrogens with one attached hydrogen (secondary N) is 1. The Bertz CT molecular complexity index is 127. The Balaban J connectivity index is 2.27. The highest BCUT2D eigenvalue weighted by molar-refractivity contribution is 5.47. The standard InChI is InChI=1S/C8H15N2O/c1-2-10-5-3-4-8(6-10)9-7-11/h8H,2-6H2,1H3,(H,9,11).